The van der Waals surface area contributed by atoms with Crippen LogP contribution >= 0.6 is 0 Å². The molecule has 5 rings (SSSR count). The lowest BCUT2D eigenvalue weighted by Crippen LogP contribution is -2.39. The molecule has 4 nitrogen and oxygen atoms in total. The molecule has 0 aromatic carbocycles. The van der Waals surface area contributed by atoms with Crippen LogP contribution in [0.15, 0.2) is 34.9 Å². The molecule has 3 aliphatic carbocycles. The molecule has 2 aliphatic heterocycles. The van der Waals surface area contributed by atoms with Crippen LogP contribution in [-0.4, -0.2) is 29.9 Å². The third kappa shape index (κ3) is 4.91. The molecule has 1 amide bonds. The summed E-state index contributed by atoms with van der Waals surface area (Å²) in [6.45, 7) is 2.39. The predicted molar refractivity (Wildman–Crippen MR) is 119 cm³/mol. The van der Waals surface area contributed by atoms with Crippen molar-refractivity contribution in [2.75, 3.05) is 13.1 Å². The second-order valence-electron chi connectivity index (χ2n) is 9.99. The molecule has 0 spiro atoms. The second-order valence-corrected chi connectivity index (χ2v) is 9.99. The number of hydrogen-bond acceptors (Lipinski definition) is 3. The number of carbonyl (C=O) groups is 1. The first kappa shape index (κ1) is 20.1. The zero-order valence-electron chi connectivity index (χ0n) is 18.2. The topological polar surface area (TPSA) is 45.5 Å². The van der Waals surface area contributed by atoms with Gasteiger partial charge in [-0.05, 0) is 94.8 Å². The fourth-order valence-corrected chi connectivity index (χ4v) is 5.61. The summed E-state index contributed by atoms with van der Waals surface area (Å²) in [5.41, 5.74) is 2.57. The normalized spacial score (nSPS) is 27.9. The van der Waals surface area contributed by atoms with E-state index < -0.39 is 0 Å². The minimum absolute atomic E-state index is 0.296. The summed E-state index contributed by atoms with van der Waals surface area (Å²) in [5.74, 6) is 2.78. The van der Waals surface area contributed by atoms with Crippen molar-refractivity contribution in [3.8, 4) is 11.3 Å². The molecular formula is C26H36N2O2. The smallest absolute Gasteiger partial charge is 0.220 e. The first-order valence-electron chi connectivity index (χ1n) is 12.2. The number of nitrogens with one attached hydrogen (secondary N) is 1. The van der Waals surface area contributed by atoms with Gasteiger partial charge in [0.05, 0.1) is 6.26 Å². The highest BCUT2D eigenvalue weighted by Crippen LogP contribution is 2.36. The number of hydrogen-bond donors (Lipinski definition) is 1. The van der Waals surface area contributed by atoms with Crippen molar-refractivity contribution in [3.63, 3.8) is 0 Å². The van der Waals surface area contributed by atoms with Crippen LogP contribution in [-0.2, 0) is 4.79 Å². The van der Waals surface area contributed by atoms with Crippen molar-refractivity contribution < 1.29 is 9.21 Å². The molecule has 1 atom stereocenters. The zero-order valence-corrected chi connectivity index (χ0v) is 18.2. The Bertz CT molecular complexity index is 803. The van der Waals surface area contributed by atoms with E-state index in [1.807, 2.05) is 12.3 Å². The van der Waals surface area contributed by atoms with Crippen molar-refractivity contribution in [1.82, 2.24) is 10.2 Å². The fourth-order valence-electron chi connectivity index (χ4n) is 5.61. The van der Waals surface area contributed by atoms with E-state index in [-0.39, 0.29) is 0 Å². The Morgan fingerprint density at radius 2 is 1.87 bits per heavy atom. The Labute approximate surface area is 180 Å². The number of likely N-dealkylation sites (tertiary alicyclic amines) is 1. The van der Waals surface area contributed by atoms with Gasteiger partial charge >= 0.3 is 0 Å². The highest BCUT2D eigenvalue weighted by molar-refractivity contribution is 5.76. The van der Waals surface area contributed by atoms with Gasteiger partial charge in [0.1, 0.15) is 5.76 Å². The largest absolute Gasteiger partial charge is 0.464 e. The van der Waals surface area contributed by atoms with Crippen molar-refractivity contribution in [2.45, 2.75) is 82.7 Å². The van der Waals surface area contributed by atoms with Gasteiger partial charge in [-0.25, -0.2) is 0 Å². The molecule has 4 heteroatoms. The standard InChI is InChI=1S/C26H36N2O2/c29-26(16-20-7-8-20)27-23-11-9-19(10-12-23)13-15-28-14-2-1-5-24(28)22-17-21-4-3-6-25(21)30-18-22/h3-4,6,17-20,23-24H,1-2,5,7-16H2,(H,27,29)/t19-,23-,24?. The molecule has 1 saturated heterocycles. The van der Waals surface area contributed by atoms with Crippen LogP contribution in [0.2, 0.25) is 0 Å². The van der Waals surface area contributed by atoms with Gasteiger partial charge in [-0.2, -0.15) is 0 Å². The maximum absolute atomic E-state index is 12.1. The lowest BCUT2D eigenvalue weighted by atomic mass is 9.83. The number of rotatable bonds is 7. The number of nitrogens with zero attached hydrogens (tertiary/aromatic N) is 1. The fraction of sp³-hybridized carbons (Fsp3) is 0.654. The minimum atomic E-state index is 0.296. The minimum Gasteiger partial charge on any atom is -0.464 e. The van der Waals surface area contributed by atoms with Gasteiger partial charge in [-0.3, -0.25) is 9.69 Å². The van der Waals surface area contributed by atoms with E-state index in [9.17, 15) is 4.79 Å². The quantitative estimate of drug-likeness (QED) is 0.632. The molecule has 0 bridgehead atoms. The molecule has 2 heterocycles. The van der Waals surface area contributed by atoms with Crippen molar-refractivity contribution in [1.29, 1.82) is 0 Å². The van der Waals surface area contributed by atoms with Gasteiger partial charge in [0.15, 0.2) is 0 Å². The summed E-state index contributed by atoms with van der Waals surface area (Å²) < 4.78 is 5.89. The van der Waals surface area contributed by atoms with Crippen molar-refractivity contribution >= 4 is 5.91 Å². The summed E-state index contributed by atoms with van der Waals surface area (Å²) in [6.07, 6.45) is 15.3. The zero-order chi connectivity index (χ0) is 20.3. The van der Waals surface area contributed by atoms with E-state index in [2.05, 4.69) is 28.4 Å². The number of carbonyl (C=O) groups excluding carboxylic acids is 1. The molecule has 3 fully saturated rings. The molecule has 0 aromatic heterocycles. The molecule has 1 unspecified atom stereocenters. The number of amides is 1. The van der Waals surface area contributed by atoms with Gasteiger partial charge < -0.3 is 9.73 Å². The molecule has 0 radical (unpaired) electrons. The Morgan fingerprint density at radius 3 is 2.70 bits per heavy atom. The van der Waals surface area contributed by atoms with Crippen LogP contribution in [0, 0.1) is 11.8 Å². The number of piperidine rings is 1. The van der Waals surface area contributed by atoms with Crippen LogP contribution in [0.4, 0.5) is 0 Å². The lowest BCUT2D eigenvalue weighted by Gasteiger charge is -2.37. The van der Waals surface area contributed by atoms with Crippen molar-refractivity contribution in [3.05, 3.63) is 36.1 Å². The SMILES string of the molecule is O=C(CC1CC1)N[C@H]1CC[C@H](CCN2CCCCC2c2coc3cccc-3c2)CC1. The van der Waals surface area contributed by atoms with E-state index in [1.165, 1.54) is 75.6 Å². The predicted octanol–water partition coefficient (Wildman–Crippen LogP) is 5.78. The summed E-state index contributed by atoms with van der Waals surface area (Å²) in [5, 5.41) is 3.30. The van der Waals surface area contributed by atoms with E-state index in [1.54, 1.807) is 0 Å². The van der Waals surface area contributed by atoms with Gasteiger partial charge in [0.25, 0.3) is 0 Å². The third-order valence-corrected chi connectivity index (χ3v) is 7.66. The van der Waals surface area contributed by atoms with Crippen LogP contribution in [0.5, 0.6) is 0 Å². The van der Waals surface area contributed by atoms with Crippen LogP contribution in [0.1, 0.15) is 82.2 Å². The Hall–Kier alpha value is -1.81. The molecule has 1 N–H and O–H groups in total. The third-order valence-electron chi connectivity index (χ3n) is 7.66. The van der Waals surface area contributed by atoms with Gasteiger partial charge in [0, 0.05) is 29.6 Å². The van der Waals surface area contributed by atoms with Crippen LogP contribution in [0.3, 0.4) is 0 Å². The maximum Gasteiger partial charge on any atom is 0.220 e. The number of fused-ring (bicyclic) bond motifs is 1. The average molecular weight is 409 g/mol. The summed E-state index contributed by atoms with van der Waals surface area (Å²) in [4.78, 5) is 14.8. The van der Waals surface area contributed by atoms with Gasteiger partial charge in [-0.1, -0.05) is 18.6 Å². The van der Waals surface area contributed by atoms with E-state index in [0.29, 0.717) is 23.9 Å². The lowest BCUT2D eigenvalue weighted by molar-refractivity contribution is -0.122. The summed E-state index contributed by atoms with van der Waals surface area (Å²) >= 11 is 0. The first-order valence-corrected chi connectivity index (χ1v) is 12.2. The molecular weight excluding hydrogens is 372 g/mol. The summed E-state index contributed by atoms with van der Waals surface area (Å²) in [6, 6.07) is 9.52. The highest BCUT2D eigenvalue weighted by atomic mass is 16.3. The average Bonchev–Trinajstić information content (AvgIpc) is 3.45. The maximum atomic E-state index is 12.1. The molecule has 0 aromatic rings. The van der Waals surface area contributed by atoms with E-state index in [0.717, 1.165) is 30.9 Å². The van der Waals surface area contributed by atoms with Crippen LogP contribution < -0.4 is 5.32 Å². The molecule has 5 aliphatic rings. The summed E-state index contributed by atoms with van der Waals surface area (Å²) in [7, 11) is 0. The van der Waals surface area contributed by atoms with Gasteiger partial charge in [-0.15, -0.1) is 0 Å². The van der Waals surface area contributed by atoms with Gasteiger partial charge in [0.2, 0.25) is 5.91 Å². The highest BCUT2D eigenvalue weighted by Gasteiger charge is 2.29. The van der Waals surface area contributed by atoms with Crippen molar-refractivity contribution in [2.24, 2.45) is 11.8 Å². The Morgan fingerprint density at radius 1 is 1.03 bits per heavy atom. The Balaban J connectivity index is 1.11. The van der Waals surface area contributed by atoms with E-state index in [4.69, 9.17) is 4.42 Å². The van der Waals surface area contributed by atoms with E-state index >= 15 is 0 Å². The molecule has 30 heavy (non-hydrogen) atoms. The first-order chi connectivity index (χ1) is 14.7. The molecule has 162 valence electrons. The Kier molecular flexibility index (Phi) is 6.12. The second kappa shape index (κ2) is 9.13. The molecule has 2 saturated carbocycles. The monoisotopic (exact) mass is 408 g/mol. The van der Waals surface area contributed by atoms with Crippen LogP contribution in [0.25, 0.3) is 11.3 Å².